The molecule has 0 aliphatic carbocycles. The molecule has 0 saturated heterocycles. The molecule has 0 radical (unpaired) electrons. The molecule has 2 unspecified atom stereocenters. The Bertz CT molecular complexity index is 511. The molecule has 1 aromatic carbocycles. The van der Waals surface area contributed by atoms with Gasteiger partial charge in [-0.1, -0.05) is 12.1 Å². The molecule has 2 aromatic rings. The molecule has 18 heavy (non-hydrogen) atoms. The van der Waals surface area contributed by atoms with Gasteiger partial charge in [0.25, 0.3) is 0 Å². The van der Waals surface area contributed by atoms with E-state index >= 15 is 0 Å². The van der Waals surface area contributed by atoms with Crippen LogP contribution in [-0.2, 0) is 0 Å². The molecule has 2 rings (SSSR count). The summed E-state index contributed by atoms with van der Waals surface area (Å²) in [4.78, 5) is 1.01. The van der Waals surface area contributed by atoms with Gasteiger partial charge in [0.1, 0.15) is 6.10 Å². The van der Waals surface area contributed by atoms with Crippen molar-refractivity contribution in [3.05, 3.63) is 52.0 Å². The van der Waals surface area contributed by atoms with Crippen molar-refractivity contribution in [1.82, 2.24) is 0 Å². The van der Waals surface area contributed by atoms with E-state index in [1.54, 1.807) is 23.5 Å². The van der Waals surface area contributed by atoms with Gasteiger partial charge in [-0.15, -0.1) is 11.3 Å². The molecule has 2 nitrogen and oxygen atoms in total. The number of rotatable bonds is 4. The van der Waals surface area contributed by atoms with Crippen molar-refractivity contribution >= 4 is 11.3 Å². The van der Waals surface area contributed by atoms with Crippen molar-refractivity contribution in [2.45, 2.75) is 26.0 Å². The summed E-state index contributed by atoms with van der Waals surface area (Å²) in [5, 5.41) is 1.96. The fraction of sp³-hybridized carbons (Fsp3) is 0.286. The maximum Gasteiger partial charge on any atom is 0.165 e. The number of hydrogen-bond donors (Lipinski definition) is 1. The summed E-state index contributed by atoms with van der Waals surface area (Å²) >= 11 is 1.56. The van der Waals surface area contributed by atoms with E-state index in [2.05, 4.69) is 0 Å². The summed E-state index contributed by atoms with van der Waals surface area (Å²) in [6.07, 6.45) is -0.318. The third-order valence-corrected chi connectivity index (χ3v) is 3.58. The number of benzene rings is 1. The Balaban J connectivity index is 2.27. The van der Waals surface area contributed by atoms with Crippen molar-refractivity contribution < 1.29 is 9.13 Å². The molecule has 1 aromatic heterocycles. The second kappa shape index (κ2) is 5.50. The summed E-state index contributed by atoms with van der Waals surface area (Å²) in [7, 11) is 0. The molecule has 0 amide bonds. The van der Waals surface area contributed by atoms with Crippen molar-refractivity contribution in [2.75, 3.05) is 0 Å². The number of nitrogens with two attached hydrogens (primary N) is 1. The highest BCUT2D eigenvalue weighted by molar-refractivity contribution is 7.10. The summed E-state index contributed by atoms with van der Waals surface area (Å²) < 4.78 is 19.4. The van der Waals surface area contributed by atoms with Crippen molar-refractivity contribution in [3.8, 4) is 5.75 Å². The molecule has 0 spiro atoms. The molecule has 0 aliphatic heterocycles. The second-order valence-corrected chi connectivity index (χ2v) is 5.33. The first-order valence-corrected chi connectivity index (χ1v) is 6.67. The zero-order chi connectivity index (χ0) is 13.1. The van der Waals surface area contributed by atoms with Crippen LogP contribution < -0.4 is 10.5 Å². The first-order chi connectivity index (χ1) is 8.58. The second-order valence-electron chi connectivity index (χ2n) is 4.35. The van der Waals surface area contributed by atoms with Gasteiger partial charge in [0.15, 0.2) is 11.6 Å². The van der Waals surface area contributed by atoms with E-state index in [0.717, 1.165) is 10.4 Å². The Morgan fingerprint density at radius 3 is 2.72 bits per heavy atom. The fourth-order valence-corrected chi connectivity index (χ4v) is 2.58. The zero-order valence-electron chi connectivity index (χ0n) is 10.4. The first kappa shape index (κ1) is 13.1. The minimum absolute atomic E-state index is 0.205. The molecule has 0 saturated carbocycles. The minimum atomic E-state index is -0.359. The van der Waals surface area contributed by atoms with E-state index < -0.39 is 0 Å². The van der Waals surface area contributed by atoms with Crippen molar-refractivity contribution in [1.29, 1.82) is 0 Å². The summed E-state index contributed by atoms with van der Waals surface area (Å²) in [6.45, 7) is 3.76. The van der Waals surface area contributed by atoms with Gasteiger partial charge in [-0.3, -0.25) is 0 Å². The third kappa shape index (κ3) is 2.89. The van der Waals surface area contributed by atoms with E-state index in [0.29, 0.717) is 0 Å². The van der Waals surface area contributed by atoms with Crippen LogP contribution in [-0.4, -0.2) is 6.04 Å². The van der Waals surface area contributed by atoms with E-state index in [9.17, 15) is 4.39 Å². The smallest absolute Gasteiger partial charge is 0.165 e. The fourth-order valence-electron chi connectivity index (χ4n) is 1.72. The van der Waals surface area contributed by atoms with Crippen molar-refractivity contribution in [3.63, 3.8) is 0 Å². The average molecular weight is 265 g/mol. The molecule has 4 heteroatoms. The molecule has 0 fully saturated rings. The van der Waals surface area contributed by atoms with Gasteiger partial charge in [0, 0.05) is 10.9 Å². The lowest BCUT2D eigenvalue weighted by Crippen LogP contribution is -2.28. The van der Waals surface area contributed by atoms with Gasteiger partial charge in [-0.25, -0.2) is 4.39 Å². The lowest BCUT2D eigenvalue weighted by Gasteiger charge is -2.21. The van der Waals surface area contributed by atoms with Crippen LogP contribution in [0.1, 0.15) is 23.5 Å². The lowest BCUT2D eigenvalue weighted by molar-refractivity contribution is 0.176. The molecular weight excluding hydrogens is 249 g/mol. The van der Waals surface area contributed by atoms with E-state index in [4.69, 9.17) is 10.5 Å². The third-order valence-electron chi connectivity index (χ3n) is 2.64. The summed E-state index contributed by atoms with van der Waals surface area (Å²) in [6, 6.07) is 8.50. The van der Waals surface area contributed by atoms with Gasteiger partial charge in [0.2, 0.25) is 0 Å². The summed E-state index contributed by atoms with van der Waals surface area (Å²) in [5.41, 5.74) is 6.88. The maximum atomic E-state index is 13.7. The van der Waals surface area contributed by atoms with Gasteiger partial charge in [0.05, 0.1) is 0 Å². The highest BCUT2D eigenvalue weighted by Crippen LogP contribution is 2.29. The SMILES string of the molecule is Cc1ccc(F)c(OC(c2cccs2)C(C)N)c1. The van der Waals surface area contributed by atoms with Crippen molar-refractivity contribution in [2.24, 2.45) is 5.73 Å². The predicted molar refractivity (Wildman–Crippen MR) is 72.5 cm³/mol. The van der Waals surface area contributed by atoms with Crippen LogP contribution in [0.3, 0.4) is 0 Å². The monoisotopic (exact) mass is 265 g/mol. The van der Waals surface area contributed by atoms with Crippen LogP contribution in [0.5, 0.6) is 5.75 Å². The number of ether oxygens (including phenoxy) is 1. The molecule has 0 aliphatic rings. The van der Waals surface area contributed by atoms with E-state index in [1.165, 1.54) is 6.07 Å². The maximum absolute atomic E-state index is 13.7. The Labute approximate surface area is 110 Å². The lowest BCUT2D eigenvalue weighted by atomic mass is 10.1. The van der Waals surface area contributed by atoms with Crippen LogP contribution in [0.15, 0.2) is 35.7 Å². The van der Waals surface area contributed by atoms with E-state index in [-0.39, 0.29) is 23.7 Å². The van der Waals surface area contributed by atoms with Gasteiger partial charge >= 0.3 is 0 Å². The molecular formula is C14H16FNOS. The van der Waals surface area contributed by atoms with Crippen LogP contribution in [0.25, 0.3) is 0 Å². The van der Waals surface area contributed by atoms with Gasteiger partial charge in [-0.2, -0.15) is 0 Å². The largest absolute Gasteiger partial charge is 0.480 e. The standard InChI is InChI=1S/C14H16FNOS/c1-9-5-6-11(15)12(8-9)17-14(10(2)16)13-4-3-7-18-13/h3-8,10,14H,16H2,1-2H3. The Morgan fingerprint density at radius 1 is 1.33 bits per heavy atom. The summed E-state index contributed by atoms with van der Waals surface area (Å²) in [5.74, 6) is -0.103. The highest BCUT2D eigenvalue weighted by atomic mass is 32.1. The van der Waals surface area contributed by atoms with Crippen LogP contribution >= 0.6 is 11.3 Å². The number of halogens is 1. The Hall–Kier alpha value is -1.39. The Morgan fingerprint density at radius 2 is 2.11 bits per heavy atom. The zero-order valence-corrected chi connectivity index (χ0v) is 11.2. The van der Waals surface area contributed by atoms with Crippen LogP contribution in [0, 0.1) is 12.7 Å². The van der Waals surface area contributed by atoms with Gasteiger partial charge < -0.3 is 10.5 Å². The molecule has 96 valence electrons. The van der Waals surface area contributed by atoms with Crippen LogP contribution in [0.4, 0.5) is 4.39 Å². The molecule has 2 atom stereocenters. The minimum Gasteiger partial charge on any atom is -0.480 e. The van der Waals surface area contributed by atoms with Gasteiger partial charge in [-0.05, 0) is 43.0 Å². The predicted octanol–water partition coefficient (Wildman–Crippen LogP) is 3.66. The normalized spacial score (nSPS) is 14.2. The number of hydrogen-bond acceptors (Lipinski definition) is 3. The number of thiophene rings is 1. The van der Waals surface area contributed by atoms with Crippen LogP contribution in [0.2, 0.25) is 0 Å². The topological polar surface area (TPSA) is 35.2 Å². The van der Waals surface area contributed by atoms with E-state index in [1.807, 2.05) is 31.4 Å². The number of aryl methyl sites for hydroxylation is 1. The quantitative estimate of drug-likeness (QED) is 0.915. The molecule has 2 N–H and O–H groups in total. The first-order valence-electron chi connectivity index (χ1n) is 5.79. The molecule has 1 heterocycles. The Kier molecular flexibility index (Phi) is 3.99. The molecule has 0 bridgehead atoms. The highest BCUT2D eigenvalue weighted by Gasteiger charge is 2.20. The average Bonchev–Trinajstić information content (AvgIpc) is 2.83.